The number of carbonyl (C=O) groups is 2. The third-order valence-corrected chi connectivity index (χ3v) is 5.91. The van der Waals surface area contributed by atoms with E-state index in [0.717, 1.165) is 44.6 Å². The molecule has 3 rings (SSSR count). The molecular weight excluding hydrogens is 352 g/mol. The van der Waals surface area contributed by atoms with Crippen molar-refractivity contribution in [3.05, 3.63) is 35.9 Å². The fourth-order valence-corrected chi connectivity index (χ4v) is 4.22. The van der Waals surface area contributed by atoms with E-state index in [1.165, 1.54) is 12.8 Å². The van der Waals surface area contributed by atoms with Crippen LogP contribution in [0.1, 0.15) is 38.2 Å². The van der Waals surface area contributed by atoms with Crippen LogP contribution in [0.3, 0.4) is 0 Å². The molecular formula is C22H34N4O2. The van der Waals surface area contributed by atoms with Gasteiger partial charge in [0.15, 0.2) is 0 Å². The normalized spacial score (nSPS) is 20.9. The summed E-state index contributed by atoms with van der Waals surface area (Å²) in [6.45, 7) is 8.25. The zero-order valence-electron chi connectivity index (χ0n) is 17.0. The maximum Gasteiger partial charge on any atom is 0.317 e. The highest BCUT2D eigenvalue weighted by Gasteiger charge is 2.28. The minimum atomic E-state index is 0.00481. The van der Waals surface area contributed by atoms with Gasteiger partial charge < -0.3 is 20.4 Å². The van der Waals surface area contributed by atoms with Crippen molar-refractivity contribution in [2.45, 2.75) is 39.2 Å². The summed E-state index contributed by atoms with van der Waals surface area (Å²) in [5.41, 5.74) is 1.11. The third-order valence-electron chi connectivity index (χ3n) is 5.91. The van der Waals surface area contributed by atoms with Gasteiger partial charge in [0.1, 0.15) is 0 Å². The van der Waals surface area contributed by atoms with Gasteiger partial charge in [0.25, 0.3) is 0 Å². The molecule has 2 heterocycles. The quantitative estimate of drug-likeness (QED) is 0.757. The Morgan fingerprint density at radius 1 is 1.04 bits per heavy atom. The Morgan fingerprint density at radius 2 is 1.79 bits per heavy atom. The molecule has 1 aromatic rings. The number of piperidine rings is 1. The van der Waals surface area contributed by atoms with Crippen molar-refractivity contribution in [3.63, 3.8) is 0 Å². The number of hydrogen-bond acceptors (Lipinski definition) is 3. The topological polar surface area (TPSA) is 64.7 Å². The minimum Gasteiger partial charge on any atom is -0.352 e. The Morgan fingerprint density at radius 3 is 2.50 bits per heavy atom. The average Bonchev–Trinajstić information content (AvgIpc) is 3.19. The van der Waals surface area contributed by atoms with Crippen LogP contribution in [-0.4, -0.2) is 61.0 Å². The smallest absolute Gasteiger partial charge is 0.317 e. The number of likely N-dealkylation sites (tertiary alicyclic amines) is 2. The number of nitrogens with one attached hydrogen (secondary N) is 2. The average molecular weight is 387 g/mol. The lowest BCUT2D eigenvalue weighted by Gasteiger charge is -2.31. The predicted molar refractivity (Wildman–Crippen MR) is 111 cm³/mol. The molecule has 0 aromatic heterocycles. The molecule has 154 valence electrons. The Balaban J connectivity index is 1.33. The molecule has 0 aliphatic carbocycles. The number of amides is 3. The van der Waals surface area contributed by atoms with Crippen LogP contribution in [0.4, 0.5) is 4.79 Å². The van der Waals surface area contributed by atoms with Crippen LogP contribution in [-0.2, 0) is 11.3 Å². The molecule has 1 unspecified atom stereocenters. The summed E-state index contributed by atoms with van der Waals surface area (Å²) in [5, 5.41) is 6.13. The van der Waals surface area contributed by atoms with E-state index in [1.54, 1.807) is 0 Å². The summed E-state index contributed by atoms with van der Waals surface area (Å²) in [4.78, 5) is 29.2. The monoisotopic (exact) mass is 386 g/mol. The number of rotatable bonds is 7. The van der Waals surface area contributed by atoms with Crippen LogP contribution in [0, 0.1) is 11.8 Å². The van der Waals surface area contributed by atoms with Gasteiger partial charge in [0.2, 0.25) is 5.91 Å². The van der Waals surface area contributed by atoms with Crippen molar-refractivity contribution in [1.82, 2.24) is 20.4 Å². The first-order chi connectivity index (χ1) is 13.7. The van der Waals surface area contributed by atoms with E-state index >= 15 is 0 Å². The molecule has 0 bridgehead atoms. The molecule has 1 aromatic carbocycles. The summed E-state index contributed by atoms with van der Waals surface area (Å²) in [7, 11) is 0. The van der Waals surface area contributed by atoms with Gasteiger partial charge in [0.05, 0.1) is 0 Å². The molecule has 2 aliphatic rings. The van der Waals surface area contributed by atoms with Crippen molar-refractivity contribution in [2.75, 3.05) is 39.3 Å². The van der Waals surface area contributed by atoms with Crippen LogP contribution in [0.5, 0.6) is 0 Å². The molecule has 3 amide bonds. The fraction of sp³-hybridized carbons (Fsp3) is 0.636. The first kappa shape index (κ1) is 20.6. The standard InChI is InChI=1S/C22H34N4O2/c1-2-11-25-12-8-19(17-25)16-24-22(28)26-13-9-20(10-14-26)21(27)23-15-18-6-4-3-5-7-18/h3-7,19-20H,2,8-17H2,1H3,(H,23,27)(H,24,28). The Kier molecular flexibility index (Phi) is 7.71. The summed E-state index contributed by atoms with van der Waals surface area (Å²) >= 11 is 0. The van der Waals surface area contributed by atoms with Gasteiger partial charge in [-0.25, -0.2) is 4.79 Å². The lowest BCUT2D eigenvalue weighted by Crippen LogP contribution is -2.47. The molecule has 2 N–H and O–H groups in total. The number of carbonyl (C=O) groups excluding carboxylic acids is 2. The molecule has 2 saturated heterocycles. The molecule has 0 saturated carbocycles. The zero-order valence-corrected chi connectivity index (χ0v) is 17.0. The van der Waals surface area contributed by atoms with E-state index in [4.69, 9.17) is 0 Å². The summed E-state index contributed by atoms with van der Waals surface area (Å²) in [6, 6.07) is 9.98. The van der Waals surface area contributed by atoms with Crippen molar-refractivity contribution >= 4 is 11.9 Å². The van der Waals surface area contributed by atoms with Crippen LogP contribution in [0.25, 0.3) is 0 Å². The highest BCUT2D eigenvalue weighted by molar-refractivity contribution is 5.79. The van der Waals surface area contributed by atoms with Crippen molar-refractivity contribution in [2.24, 2.45) is 11.8 Å². The molecule has 28 heavy (non-hydrogen) atoms. The van der Waals surface area contributed by atoms with Gasteiger partial charge in [-0.15, -0.1) is 0 Å². The van der Waals surface area contributed by atoms with E-state index in [9.17, 15) is 9.59 Å². The molecule has 0 spiro atoms. The lowest BCUT2D eigenvalue weighted by molar-refractivity contribution is -0.126. The van der Waals surface area contributed by atoms with E-state index in [0.29, 0.717) is 25.6 Å². The second-order valence-electron chi connectivity index (χ2n) is 8.11. The highest BCUT2D eigenvalue weighted by atomic mass is 16.2. The molecule has 0 radical (unpaired) electrons. The SMILES string of the molecule is CCCN1CCC(CNC(=O)N2CCC(C(=O)NCc3ccccc3)CC2)C1. The first-order valence-corrected chi connectivity index (χ1v) is 10.7. The van der Waals surface area contributed by atoms with Gasteiger partial charge in [0, 0.05) is 38.6 Å². The summed E-state index contributed by atoms with van der Waals surface area (Å²) < 4.78 is 0. The second kappa shape index (κ2) is 10.5. The molecule has 2 aliphatic heterocycles. The van der Waals surface area contributed by atoms with Gasteiger partial charge in [-0.3, -0.25) is 4.79 Å². The van der Waals surface area contributed by atoms with Crippen LogP contribution >= 0.6 is 0 Å². The molecule has 2 fully saturated rings. The molecule has 1 atom stereocenters. The van der Waals surface area contributed by atoms with E-state index in [2.05, 4.69) is 22.5 Å². The van der Waals surface area contributed by atoms with Crippen LogP contribution < -0.4 is 10.6 Å². The lowest BCUT2D eigenvalue weighted by atomic mass is 9.96. The van der Waals surface area contributed by atoms with Crippen LogP contribution in [0.15, 0.2) is 30.3 Å². The van der Waals surface area contributed by atoms with Crippen LogP contribution in [0.2, 0.25) is 0 Å². The Hall–Kier alpha value is -2.08. The molecule has 6 heteroatoms. The van der Waals surface area contributed by atoms with E-state index in [1.807, 2.05) is 35.2 Å². The summed E-state index contributed by atoms with van der Waals surface area (Å²) in [5.74, 6) is 0.674. The van der Waals surface area contributed by atoms with Crippen molar-refractivity contribution in [3.8, 4) is 0 Å². The molecule has 6 nitrogen and oxygen atoms in total. The largest absolute Gasteiger partial charge is 0.352 e. The van der Waals surface area contributed by atoms with Gasteiger partial charge in [-0.1, -0.05) is 37.3 Å². The van der Waals surface area contributed by atoms with Crippen molar-refractivity contribution in [1.29, 1.82) is 0 Å². The van der Waals surface area contributed by atoms with Gasteiger partial charge in [-0.05, 0) is 50.3 Å². The zero-order chi connectivity index (χ0) is 19.8. The van der Waals surface area contributed by atoms with Gasteiger partial charge >= 0.3 is 6.03 Å². The van der Waals surface area contributed by atoms with E-state index < -0.39 is 0 Å². The minimum absolute atomic E-state index is 0.00481. The van der Waals surface area contributed by atoms with E-state index in [-0.39, 0.29) is 17.9 Å². The second-order valence-corrected chi connectivity index (χ2v) is 8.11. The maximum atomic E-state index is 12.4. The number of benzene rings is 1. The highest BCUT2D eigenvalue weighted by Crippen LogP contribution is 2.19. The van der Waals surface area contributed by atoms with Gasteiger partial charge in [-0.2, -0.15) is 0 Å². The summed E-state index contributed by atoms with van der Waals surface area (Å²) in [6.07, 6.45) is 3.83. The number of hydrogen-bond donors (Lipinski definition) is 2. The fourth-order valence-electron chi connectivity index (χ4n) is 4.22. The van der Waals surface area contributed by atoms with Crippen molar-refractivity contribution < 1.29 is 9.59 Å². The predicted octanol–water partition coefficient (Wildman–Crippen LogP) is 2.46. The number of urea groups is 1. The first-order valence-electron chi connectivity index (χ1n) is 10.7. The maximum absolute atomic E-state index is 12.4. The number of nitrogens with zero attached hydrogens (tertiary/aromatic N) is 2. The Bertz CT molecular complexity index is 629. The third kappa shape index (κ3) is 5.96. The Labute approximate surface area is 168 Å².